The zero-order valence-electron chi connectivity index (χ0n) is 14.3. The lowest BCUT2D eigenvalue weighted by Crippen LogP contribution is -2.47. The first-order chi connectivity index (χ1) is 9.92. The number of nitrogens with zero attached hydrogens (tertiary/aromatic N) is 4. The predicted molar refractivity (Wildman–Crippen MR) is 84.9 cm³/mol. The van der Waals surface area contributed by atoms with Crippen LogP contribution in [0.1, 0.15) is 59.2 Å². The van der Waals surface area contributed by atoms with Gasteiger partial charge in [-0.3, -0.25) is 0 Å². The van der Waals surface area contributed by atoms with Gasteiger partial charge in [0.15, 0.2) is 5.82 Å². The molecule has 0 amide bonds. The average Bonchev–Trinajstić information content (AvgIpc) is 2.80. The Morgan fingerprint density at radius 2 is 2.10 bits per heavy atom. The highest BCUT2D eigenvalue weighted by Gasteiger charge is 2.39. The van der Waals surface area contributed by atoms with Crippen LogP contribution in [0, 0.1) is 17.3 Å². The van der Waals surface area contributed by atoms with Gasteiger partial charge in [-0.15, -0.1) is 10.2 Å². The van der Waals surface area contributed by atoms with Crippen LogP contribution < -0.4 is 5.32 Å². The van der Waals surface area contributed by atoms with E-state index in [-0.39, 0.29) is 5.41 Å². The van der Waals surface area contributed by atoms with Gasteiger partial charge < -0.3 is 5.32 Å². The minimum Gasteiger partial charge on any atom is -0.314 e. The van der Waals surface area contributed by atoms with Gasteiger partial charge in [-0.25, -0.2) is 0 Å². The molecule has 2 rings (SSSR count). The molecule has 1 aromatic rings. The summed E-state index contributed by atoms with van der Waals surface area (Å²) < 4.78 is 0. The molecule has 1 aliphatic carbocycles. The number of hydrogen-bond acceptors (Lipinski definition) is 4. The molecule has 0 aromatic carbocycles. The summed E-state index contributed by atoms with van der Waals surface area (Å²) in [6.07, 6.45) is 6.04. The highest BCUT2D eigenvalue weighted by Crippen LogP contribution is 2.41. The quantitative estimate of drug-likeness (QED) is 0.876. The molecule has 1 N–H and O–H groups in total. The largest absolute Gasteiger partial charge is 0.314 e. The van der Waals surface area contributed by atoms with Gasteiger partial charge in [0.05, 0.1) is 7.05 Å². The molecule has 1 aromatic heterocycles. The van der Waals surface area contributed by atoms with E-state index in [1.54, 1.807) is 4.80 Å². The van der Waals surface area contributed by atoms with Gasteiger partial charge in [0.1, 0.15) is 0 Å². The SMILES string of the molecule is CCCNC1CC(C)CCC1C(C)(C)Cc1nnn(C)n1. The summed E-state index contributed by atoms with van der Waals surface area (Å²) in [6.45, 7) is 10.5. The van der Waals surface area contributed by atoms with Crippen molar-refractivity contribution >= 4 is 0 Å². The topological polar surface area (TPSA) is 55.6 Å². The van der Waals surface area contributed by atoms with Crippen LogP contribution in [0.3, 0.4) is 0 Å². The third-order valence-corrected chi connectivity index (χ3v) is 4.94. The standard InChI is InChI=1S/C16H31N5/c1-6-9-17-14-10-12(2)7-8-13(14)16(3,4)11-15-18-20-21(5)19-15/h12-14,17H,6-11H2,1-5H3. The summed E-state index contributed by atoms with van der Waals surface area (Å²) in [5.41, 5.74) is 0.203. The fourth-order valence-corrected chi connectivity index (χ4v) is 3.80. The van der Waals surface area contributed by atoms with Crippen molar-refractivity contribution < 1.29 is 0 Å². The van der Waals surface area contributed by atoms with Crippen LogP contribution in [0.15, 0.2) is 0 Å². The number of hydrogen-bond donors (Lipinski definition) is 1. The van der Waals surface area contributed by atoms with E-state index >= 15 is 0 Å². The van der Waals surface area contributed by atoms with E-state index in [2.05, 4.69) is 48.4 Å². The Bertz CT molecular complexity index is 440. The summed E-state index contributed by atoms with van der Waals surface area (Å²) >= 11 is 0. The average molecular weight is 293 g/mol. The monoisotopic (exact) mass is 293 g/mol. The van der Waals surface area contributed by atoms with E-state index in [0.29, 0.717) is 12.0 Å². The lowest BCUT2D eigenvalue weighted by molar-refractivity contribution is 0.0924. The number of rotatable bonds is 6. The molecular weight excluding hydrogens is 262 g/mol. The first-order valence-corrected chi connectivity index (χ1v) is 8.38. The van der Waals surface area contributed by atoms with E-state index in [9.17, 15) is 0 Å². The Balaban J connectivity index is 2.07. The Morgan fingerprint density at radius 3 is 2.71 bits per heavy atom. The minimum atomic E-state index is 0.203. The molecule has 3 unspecified atom stereocenters. The third kappa shape index (κ3) is 4.25. The summed E-state index contributed by atoms with van der Waals surface area (Å²) in [5, 5.41) is 16.3. The molecule has 5 heteroatoms. The van der Waals surface area contributed by atoms with Crippen molar-refractivity contribution in [3.8, 4) is 0 Å². The van der Waals surface area contributed by atoms with Crippen molar-refractivity contribution in [2.75, 3.05) is 6.54 Å². The number of tetrazole rings is 1. The molecule has 0 radical (unpaired) electrons. The van der Waals surface area contributed by atoms with Crippen LogP contribution in [0.5, 0.6) is 0 Å². The van der Waals surface area contributed by atoms with Crippen molar-refractivity contribution in [1.29, 1.82) is 0 Å². The summed E-state index contributed by atoms with van der Waals surface area (Å²) in [5.74, 6) is 2.39. The molecule has 3 atom stereocenters. The zero-order chi connectivity index (χ0) is 15.5. The Kier molecular flexibility index (Phi) is 5.36. The molecule has 1 heterocycles. The van der Waals surface area contributed by atoms with Gasteiger partial charge in [-0.1, -0.05) is 34.1 Å². The van der Waals surface area contributed by atoms with Crippen LogP contribution in [-0.4, -0.2) is 32.8 Å². The molecule has 21 heavy (non-hydrogen) atoms. The second kappa shape index (κ2) is 6.86. The number of nitrogens with one attached hydrogen (secondary N) is 1. The van der Waals surface area contributed by atoms with Crippen LogP contribution >= 0.6 is 0 Å². The van der Waals surface area contributed by atoms with Crippen LogP contribution in [-0.2, 0) is 13.5 Å². The lowest BCUT2D eigenvalue weighted by Gasteiger charge is -2.44. The van der Waals surface area contributed by atoms with E-state index in [1.165, 1.54) is 25.7 Å². The van der Waals surface area contributed by atoms with Gasteiger partial charge in [-0.05, 0) is 48.3 Å². The van der Waals surface area contributed by atoms with Crippen molar-refractivity contribution in [2.45, 2.75) is 65.8 Å². The van der Waals surface area contributed by atoms with Gasteiger partial charge in [-0.2, -0.15) is 4.80 Å². The van der Waals surface area contributed by atoms with Crippen LogP contribution in [0.2, 0.25) is 0 Å². The van der Waals surface area contributed by atoms with E-state index < -0.39 is 0 Å². The molecule has 0 spiro atoms. The van der Waals surface area contributed by atoms with E-state index in [4.69, 9.17) is 0 Å². The first kappa shape index (κ1) is 16.4. The smallest absolute Gasteiger partial charge is 0.175 e. The lowest BCUT2D eigenvalue weighted by atomic mass is 9.65. The molecule has 5 nitrogen and oxygen atoms in total. The normalized spacial score (nSPS) is 27.0. The molecule has 1 saturated carbocycles. The van der Waals surface area contributed by atoms with Crippen LogP contribution in [0.25, 0.3) is 0 Å². The first-order valence-electron chi connectivity index (χ1n) is 8.38. The van der Waals surface area contributed by atoms with Gasteiger partial charge in [0.25, 0.3) is 0 Å². The van der Waals surface area contributed by atoms with Crippen molar-refractivity contribution in [3.63, 3.8) is 0 Å². The minimum absolute atomic E-state index is 0.203. The van der Waals surface area contributed by atoms with Gasteiger partial charge >= 0.3 is 0 Å². The maximum absolute atomic E-state index is 4.37. The molecule has 1 fully saturated rings. The van der Waals surface area contributed by atoms with E-state index in [1.807, 2.05) is 7.05 Å². The molecule has 0 aliphatic heterocycles. The van der Waals surface area contributed by atoms with Gasteiger partial charge in [0.2, 0.25) is 0 Å². The zero-order valence-corrected chi connectivity index (χ0v) is 14.3. The summed E-state index contributed by atoms with van der Waals surface area (Å²) in [6, 6.07) is 0.625. The van der Waals surface area contributed by atoms with Crippen molar-refractivity contribution in [1.82, 2.24) is 25.5 Å². The molecule has 0 bridgehead atoms. The third-order valence-electron chi connectivity index (χ3n) is 4.94. The molecule has 120 valence electrons. The maximum Gasteiger partial charge on any atom is 0.175 e. The highest BCUT2D eigenvalue weighted by molar-refractivity contribution is 4.96. The fourth-order valence-electron chi connectivity index (χ4n) is 3.80. The fraction of sp³-hybridized carbons (Fsp3) is 0.938. The number of aryl methyl sites for hydroxylation is 1. The van der Waals surface area contributed by atoms with Crippen molar-refractivity contribution in [2.24, 2.45) is 24.3 Å². The Labute approximate surface area is 128 Å². The second-order valence-electron chi connectivity index (χ2n) is 7.45. The Morgan fingerprint density at radius 1 is 1.33 bits per heavy atom. The molecular formula is C16H31N5. The second-order valence-corrected chi connectivity index (χ2v) is 7.45. The van der Waals surface area contributed by atoms with Crippen LogP contribution in [0.4, 0.5) is 0 Å². The molecule has 1 aliphatic rings. The molecule has 0 saturated heterocycles. The maximum atomic E-state index is 4.37. The van der Waals surface area contributed by atoms with Crippen molar-refractivity contribution in [3.05, 3.63) is 5.82 Å². The van der Waals surface area contributed by atoms with Gasteiger partial charge in [0, 0.05) is 12.5 Å². The Hall–Kier alpha value is -0.970. The summed E-state index contributed by atoms with van der Waals surface area (Å²) in [4.78, 5) is 1.56. The predicted octanol–water partition coefficient (Wildman–Crippen LogP) is 2.58. The number of aromatic nitrogens is 4. The highest BCUT2D eigenvalue weighted by atomic mass is 15.6. The summed E-state index contributed by atoms with van der Waals surface area (Å²) in [7, 11) is 1.83. The van der Waals surface area contributed by atoms with E-state index in [0.717, 1.165) is 24.7 Å².